The van der Waals surface area contributed by atoms with Crippen LogP contribution in [0.25, 0.3) is 22.2 Å². The Morgan fingerprint density at radius 1 is 1.00 bits per heavy atom. The summed E-state index contributed by atoms with van der Waals surface area (Å²) in [4.78, 5) is 27.3. The van der Waals surface area contributed by atoms with Gasteiger partial charge in [0.1, 0.15) is 11.6 Å². The third kappa shape index (κ3) is 4.72. The number of hydrogen-bond donors (Lipinski definition) is 3. The van der Waals surface area contributed by atoms with Crippen LogP contribution in [0.2, 0.25) is 0 Å². The number of aromatic nitrogens is 3. The van der Waals surface area contributed by atoms with Crippen LogP contribution in [0.15, 0.2) is 65.6 Å². The lowest BCUT2D eigenvalue weighted by molar-refractivity contribution is 0.122. The Morgan fingerprint density at radius 3 is 2.56 bits per heavy atom. The van der Waals surface area contributed by atoms with Gasteiger partial charge < -0.3 is 25.3 Å². The molecule has 1 saturated heterocycles. The standard InChI is InChI=1S/C26H28N6O2/c1-17(2)28-23-5-3-4-21(30-23)22-16-18-10-11-27-26(33)24(18)25(31-22)29-19-6-8-20(9-7-19)32-12-14-34-15-13-32/h3-11,16-17H,12-15H2,1-2H3,(H,27,33)(H,28,30)(H,29,31). The molecule has 0 bridgehead atoms. The van der Waals surface area contributed by atoms with E-state index in [1.807, 2.05) is 42.5 Å². The van der Waals surface area contributed by atoms with Crippen molar-refractivity contribution >= 4 is 33.8 Å². The number of morpholine rings is 1. The number of ether oxygens (including phenoxy) is 1. The van der Waals surface area contributed by atoms with Gasteiger partial charge in [0.05, 0.1) is 30.0 Å². The summed E-state index contributed by atoms with van der Waals surface area (Å²) in [5.41, 5.74) is 3.25. The molecule has 4 aromatic rings. The van der Waals surface area contributed by atoms with Crippen molar-refractivity contribution in [3.05, 3.63) is 71.1 Å². The van der Waals surface area contributed by atoms with E-state index < -0.39 is 0 Å². The predicted octanol–water partition coefficient (Wildman–Crippen LogP) is 4.39. The fraction of sp³-hybridized carbons (Fsp3) is 0.269. The third-order valence-electron chi connectivity index (χ3n) is 5.71. The van der Waals surface area contributed by atoms with Gasteiger partial charge in [-0.25, -0.2) is 9.97 Å². The zero-order valence-corrected chi connectivity index (χ0v) is 19.3. The van der Waals surface area contributed by atoms with Crippen LogP contribution < -0.4 is 21.1 Å². The lowest BCUT2D eigenvalue weighted by atomic mass is 10.1. The quantitative estimate of drug-likeness (QED) is 0.396. The highest BCUT2D eigenvalue weighted by molar-refractivity contribution is 5.95. The highest BCUT2D eigenvalue weighted by atomic mass is 16.5. The van der Waals surface area contributed by atoms with Gasteiger partial charge in [-0.3, -0.25) is 4.79 Å². The summed E-state index contributed by atoms with van der Waals surface area (Å²) in [7, 11) is 0. The van der Waals surface area contributed by atoms with Crippen LogP contribution in [0.5, 0.6) is 0 Å². The van der Waals surface area contributed by atoms with Gasteiger partial charge in [0.2, 0.25) is 0 Å². The molecular formula is C26H28N6O2. The van der Waals surface area contributed by atoms with Gasteiger partial charge >= 0.3 is 0 Å². The van der Waals surface area contributed by atoms with E-state index in [-0.39, 0.29) is 11.6 Å². The first-order valence-electron chi connectivity index (χ1n) is 11.5. The van der Waals surface area contributed by atoms with Crippen LogP contribution >= 0.6 is 0 Å². The molecule has 1 aliphatic heterocycles. The van der Waals surface area contributed by atoms with Gasteiger partial charge in [-0.15, -0.1) is 0 Å². The summed E-state index contributed by atoms with van der Waals surface area (Å²) >= 11 is 0. The van der Waals surface area contributed by atoms with Crippen LogP contribution in [0.4, 0.5) is 23.0 Å². The molecule has 34 heavy (non-hydrogen) atoms. The Balaban J connectivity index is 1.51. The number of nitrogens with zero attached hydrogens (tertiary/aromatic N) is 3. The Labute approximate surface area is 198 Å². The molecule has 0 atom stereocenters. The fourth-order valence-corrected chi connectivity index (χ4v) is 4.10. The number of nitrogens with one attached hydrogen (secondary N) is 3. The van der Waals surface area contributed by atoms with Gasteiger partial charge in [-0.1, -0.05) is 6.07 Å². The van der Waals surface area contributed by atoms with Crippen molar-refractivity contribution in [1.29, 1.82) is 0 Å². The zero-order valence-electron chi connectivity index (χ0n) is 19.3. The summed E-state index contributed by atoms with van der Waals surface area (Å²) < 4.78 is 5.45. The maximum Gasteiger partial charge on any atom is 0.259 e. The second-order valence-electron chi connectivity index (χ2n) is 8.61. The minimum Gasteiger partial charge on any atom is -0.378 e. The lowest BCUT2D eigenvalue weighted by Crippen LogP contribution is -2.36. The van der Waals surface area contributed by atoms with Gasteiger partial charge in [0.15, 0.2) is 0 Å². The average molecular weight is 457 g/mol. The molecule has 3 aromatic heterocycles. The molecule has 1 aliphatic rings. The summed E-state index contributed by atoms with van der Waals surface area (Å²) in [5.74, 6) is 1.28. The van der Waals surface area contributed by atoms with Crippen molar-refractivity contribution in [3.8, 4) is 11.4 Å². The number of benzene rings is 1. The summed E-state index contributed by atoms with van der Waals surface area (Å²) in [6, 6.07) is 18.0. The van der Waals surface area contributed by atoms with Crippen molar-refractivity contribution in [3.63, 3.8) is 0 Å². The number of pyridine rings is 3. The Hall–Kier alpha value is -3.91. The molecule has 0 spiro atoms. The summed E-state index contributed by atoms with van der Waals surface area (Å²) in [6.45, 7) is 7.39. The second-order valence-corrected chi connectivity index (χ2v) is 8.61. The first-order valence-corrected chi connectivity index (χ1v) is 11.5. The van der Waals surface area contributed by atoms with Crippen LogP contribution in [0.3, 0.4) is 0 Å². The molecule has 4 heterocycles. The van der Waals surface area contributed by atoms with E-state index in [4.69, 9.17) is 14.7 Å². The Kier molecular flexibility index (Phi) is 6.14. The molecular weight excluding hydrogens is 428 g/mol. The van der Waals surface area contributed by atoms with E-state index in [9.17, 15) is 4.79 Å². The molecule has 5 rings (SSSR count). The molecule has 3 N–H and O–H groups in total. The van der Waals surface area contributed by atoms with E-state index in [1.54, 1.807) is 6.20 Å². The lowest BCUT2D eigenvalue weighted by Gasteiger charge is -2.28. The fourth-order valence-electron chi connectivity index (χ4n) is 4.10. The maximum absolute atomic E-state index is 12.7. The van der Waals surface area contributed by atoms with E-state index >= 15 is 0 Å². The van der Waals surface area contributed by atoms with Gasteiger partial charge in [-0.2, -0.15) is 0 Å². The van der Waals surface area contributed by atoms with Crippen molar-refractivity contribution in [2.24, 2.45) is 0 Å². The largest absolute Gasteiger partial charge is 0.378 e. The molecule has 174 valence electrons. The summed E-state index contributed by atoms with van der Waals surface area (Å²) in [5, 5.41) is 7.99. The van der Waals surface area contributed by atoms with E-state index in [1.165, 1.54) is 0 Å². The van der Waals surface area contributed by atoms with Crippen molar-refractivity contribution in [1.82, 2.24) is 15.0 Å². The van der Waals surface area contributed by atoms with Crippen LogP contribution in [-0.2, 0) is 4.74 Å². The highest BCUT2D eigenvalue weighted by Crippen LogP contribution is 2.28. The third-order valence-corrected chi connectivity index (χ3v) is 5.71. The molecule has 0 unspecified atom stereocenters. The minimum absolute atomic E-state index is 0.188. The van der Waals surface area contributed by atoms with Crippen LogP contribution in [0, 0.1) is 0 Å². The molecule has 0 radical (unpaired) electrons. The SMILES string of the molecule is CC(C)Nc1cccc(-c2cc3cc[nH]c(=O)c3c(Nc3ccc(N4CCOCC4)cc3)n2)n1. The van der Waals surface area contributed by atoms with Gasteiger partial charge in [0.25, 0.3) is 5.56 Å². The van der Waals surface area contributed by atoms with E-state index in [0.29, 0.717) is 16.9 Å². The monoisotopic (exact) mass is 456 g/mol. The van der Waals surface area contributed by atoms with Crippen molar-refractivity contribution in [2.45, 2.75) is 19.9 Å². The molecule has 1 fully saturated rings. The van der Waals surface area contributed by atoms with E-state index in [2.05, 4.69) is 46.5 Å². The number of H-pyrrole nitrogens is 1. The van der Waals surface area contributed by atoms with Crippen molar-refractivity contribution in [2.75, 3.05) is 41.8 Å². The number of fused-ring (bicyclic) bond motifs is 1. The second kappa shape index (κ2) is 9.52. The Bertz CT molecular complexity index is 1340. The number of anilines is 4. The first kappa shape index (κ1) is 21.9. The molecule has 0 saturated carbocycles. The average Bonchev–Trinajstić information content (AvgIpc) is 2.85. The molecule has 8 nitrogen and oxygen atoms in total. The topological polar surface area (TPSA) is 95.2 Å². The molecule has 1 aromatic carbocycles. The highest BCUT2D eigenvalue weighted by Gasteiger charge is 2.14. The zero-order chi connectivity index (χ0) is 23.5. The maximum atomic E-state index is 12.7. The Morgan fingerprint density at radius 2 is 1.79 bits per heavy atom. The number of aromatic amines is 1. The molecule has 0 amide bonds. The normalized spacial score (nSPS) is 13.9. The number of hydrogen-bond acceptors (Lipinski definition) is 7. The molecule has 0 aliphatic carbocycles. The van der Waals surface area contributed by atoms with E-state index in [0.717, 1.165) is 54.6 Å². The predicted molar refractivity (Wildman–Crippen MR) is 137 cm³/mol. The minimum atomic E-state index is -0.188. The van der Waals surface area contributed by atoms with Crippen LogP contribution in [-0.4, -0.2) is 47.3 Å². The van der Waals surface area contributed by atoms with Gasteiger partial charge in [0, 0.05) is 36.7 Å². The smallest absolute Gasteiger partial charge is 0.259 e. The van der Waals surface area contributed by atoms with Crippen LogP contribution in [0.1, 0.15) is 13.8 Å². The number of rotatable bonds is 6. The van der Waals surface area contributed by atoms with Crippen molar-refractivity contribution < 1.29 is 4.74 Å². The van der Waals surface area contributed by atoms with Gasteiger partial charge in [-0.05, 0) is 67.8 Å². The first-order chi connectivity index (χ1) is 16.6. The summed E-state index contributed by atoms with van der Waals surface area (Å²) in [6.07, 6.45) is 1.65. The molecule has 8 heteroatoms.